The van der Waals surface area contributed by atoms with Gasteiger partial charge in [-0.3, -0.25) is 9.78 Å². The zero-order valence-corrected chi connectivity index (χ0v) is 12.1. The molecule has 10 heteroatoms. The number of halogens is 4. The number of benzene rings is 1. The smallest absolute Gasteiger partial charge is 0.408 e. The molecule has 0 saturated carbocycles. The number of nitrogens with zero attached hydrogens (tertiary/aromatic N) is 2. The van der Waals surface area contributed by atoms with E-state index in [-0.39, 0.29) is 32.7 Å². The Hall–Kier alpha value is -2.55. The number of aromatic amines is 1. The molecule has 0 saturated heterocycles. The molecule has 6 nitrogen and oxygen atoms in total. The van der Waals surface area contributed by atoms with Crippen LogP contribution in [0.25, 0.3) is 22.4 Å². The highest BCUT2D eigenvalue weighted by Crippen LogP contribution is 2.29. The average Bonchev–Trinajstić information content (AvgIpc) is 2.81. The molecule has 0 aliphatic rings. The van der Waals surface area contributed by atoms with Crippen LogP contribution >= 0.6 is 11.6 Å². The quantitative estimate of drug-likeness (QED) is 0.774. The first kappa shape index (κ1) is 15.3. The van der Waals surface area contributed by atoms with Gasteiger partial charge in [0.15, 0.2) is 5.58 Å². The van der Waals surface area contributed by atoms with Gasteiger partial charge in [0.25, 0.3) is 5.56 Å². The van der Waals surface area contributed by atoms with Crippen molar-refractivity contribution in [2.24, 2.45) is 0 Å². The number of H-pyrrole nitrogens is 1. The molecule has 2 aromatic heterocycles. The van der Waals surface area contributed by atoms with Crippen molar-refractivity contribution in [1.82, 2.24) is 14.5 Å². The van der Waals surface area contributed by atoms with Gasteiger partial charge in [-0.1, -0.05) is 11.6 Å². The van der Waals surface area contributed by atoms with E-state index >= 15 is 0 Å². The molecule has 1 aromatic carbocycles. The summed E-state index contributed by atoms with van der Waals surface area (Å²) in [5, 5.41) is -0.653. The van der Waals surface area contributed by atoms with Gasteiger partial charge in [0.2, 0.25) is 0 Å². The Balaban J connectivity index is 2.33. The molecular formula is C13H7ClF3N3O3. The summed E-state index contributed by atoms with van der Waals surface area (Å²) in [6.45, 7) is -1.96. The van der Waals surface area contributed by atoms with E-state index in [9.17, 15) is 22.8 Å². The number of oxazole rings is 1. The minimum atomic E-state index is -3.13. The fraction of sp³-hybridized carbons (Fsp3) is 0.154. The number of alkyl halides is 2. The molecule has 3 rings (SSSR count). The van der Waals surface area contributed by atoms with Gasteiger partial charge in [-0.15, -0.1) is 0 Å². The number of aromatic nitrogens is 3. The van der Waals surface area contributed by atoms with Crippen LogP contribution in [0.5, 0.6) is 0 Å². The van der Waals surface area contributed by atoms with Crippen molar-refractivity contribution in [1.29, 1.82) is 0 Å². The molecule has 0 aliphatic carbocycles. The number of rotatable bonds is 2. The van der Waals surface area contributed by atoms with Crippen molar-refractivity contribution in [2.75, 3.05) is 0 Å². The van der Waals surface area contributed by atoms with Gasteiger partial charge < -0.3 is 4.42 Å². The molecule has 23 heavy (non-hydrogen) atoms. The van der Waals surface area contributed by atoms with Crippen LogP contribution in [0, 0.1) is 12.7 Å². The van der Waals surface area contributed by atoms with Gasteiger partial charge in [0.05, 0.1) is 11.2 Å². The number of hydrogen-bond donors (Lipinski definition) is 1. The van der Waals surface area contributed by atoms with Crippen molar-refractivity contribution < 1.29 is 17.6 Å². The molecule has 0 unspecified atom stereocenters. The zero-order valence-electron chi connectivity index (χ0n) is 11.4. The lowest BCUT2D eigenvalue weighted by molar-refractivity contribution is 0.0628. The lowest BCUT2D eigenvalue weighted by atomic mass is 10.1. The van der Waals surface area contributed by atoms with Crippen LogP contribution in [0.15, 0.2) is 26.1 Å². The highest BCUT2D eigenvalue weighted by Gasteiger charge is 2.22. The van der Waals surface area contributed by atoms with Gasteiger partial charge in [0.1, 0.15) is 16.7 Å². The minimum Gasteiger partial charge on any atom is -0.408 e. The summed E-state index contributed by atoms with van der Waals surface area (Å²) in [5.41, 5.74) is -1.59. The summed E-state index contributed by atoms with van der Waals surface area (Å²) in [6.07, 6.45) is 0. The maximum Gasteiger partial charge on any atom is 0.417 e. The average molecular weight is 346 g/mol. The van der Waals surface area contributed by atoms with E-state index in [0.29, 0.717) is 0 Å². The van der Waals surface area contributed by atoms with E-state index in [0.717, 1.165) is 12.1 Å². The first-order valence-electron chi connectivity index (χ1n) is 6.19. The lowest BCUT2D eigenvalue weighted by Gasteiger charge is -2.12. The van der Waals surface area contributed by atoms with Crippen molar-refractivity contribution in [3.05, 3.63) is 49.7 Å². The maximum atomic E-state index is 14.2. The van der Waals surface area contributed by atoms with Gasteiger partial charge in [-0.25, -0.2) is 18.7 Å². The Morgan fingerprint density at radius 3 is 2.70 bits per heavy atom. The molecule has 0 amide bonds. The largest absolute Gasteiger partial charge is 0.417 e. The monoisotopic (exact) mass is 345 g/mol. The minimum absolute atomic E-state index is 0.0370. The van der Waals surface area contributed by atoms with Crippen molar-refractivity contribution in [2.45, 2.75) is 13.5 Å². The molecule has 2 heterocycles. The summed E-state index contributed by atoms with van der Waals surface area (Å²) in [7, 11) is 0. The summed E-state index contributed by atoms with van der Waals surface area (Å²) >= 11 is 5.79. The molecule has 0 atom stereocenters. The van der Waals surface area contributed by atoms with Crippen molar-refractivity contribution >= 4 is 22.7 Å². The van der Waals surface area contributed by atoms with Crippen LogP contribution in [0.3, 0.4) is 0 Å². The Morgan fingerprint density at radius 1 is 1.35 bits per heavy atom. The molecule has 0 bridgehead atoms. The Bertz CT molecular complexity index is 1040. The van der Waals surface area contributed by atoms with E-state index in [4.69, 9.17) is 16.0 Å². The third-order valence-corrected chi connectivity index (χ3v) is 3.54. The summed E-state index contributed by atoms with van der Waals surface area (Å²) in [4.78, 5) is 29.1. The van der Waals surface area contributed by atoms with E-state index in [2.05, 4.69) is 9.97 Å². The molecule has 0 fully saturated rings. The summed E-state index contributed by atoms with van der Waals surface area (Å²) in [6, 6.07) is 2.07. The molecule has 3 aromatic rings. The fourth-order valence-corrected chi connectivity index (χ4v) is 2.42. The number of aryl methyl sites for hydroxylation is 1. The highest BCUT2D eigenvalue weighted by atomic mass is 35.5. The van der Waals surface area contributed by atoms with Crippen LogP contribution in [-0.4, -0.2) is 14.5 Å². The number of hydrogen-bond acceptors (Lipinski definition) is 4. The van der Waals surface area contributed by atoms with Crippen LogP contribution in [0.4, 0.5) is 13.2 Å². The van der Waals surface area contributed by atoms with Gasteiger partial charge >= 0.3 is 12.3 Å². The Labute approximate surface area is 130 Å². The summed E-state index contributed by atoms with van der Waals surface area (Å²) in [5.74, 6) is -1.99. The van der Waals surface area contributed by atoms with Crippen molar-refractivity contribution in [3.63, 3.8) is 0 Å². The second-order valence-electron chi connectivity index (χ2n) is 4.62. The predicted molar refractivity (Wildman–Crippen MR) is 75.3 cm³/mol. The van der Waals surface area contributed by atoms with E-state index in [1.807, 2.05) is 0 Å². The highest BCUT2D eigenvalue weighted by molar-refractivity contribution is 6.32. The van der Waals surface area contributed by atoms with E-state index in [1.165, 1.54) is 6.92 Å². The second-order valence-corrected chi connectivity index (χ2v) is 5.00. The SMILES string of the molecule is Cc1nc(-c2cc3[nH]c(=O)oc3cc2F)c(Cl)c(=O)n1C(F)F. The molecular weight excluding hydrogens is 339 g/mol. The van der Waals surface area contributed by atoms with Gasteiger partial charge in [-0.05, 0) is 13.0 Å². The Morgan fingerprint density at radius 2 is 2.04 bits per heavy atom. The zero-order chi connectivity index (χ0) is 16.9. The van der Waals surface area contributed by atoms with Crippen molar-refractivity contribution in [3.8, 4) is 11.3 Å². The summed E-state index contributed by atoms with van der Waals surface area (Å²) < 4.78 is 44.6. The third-order valence-electron chi connectivity index (χ3n) is 3.20. The number of nitrogens with one attached hydrogen (secondary N) is 1. The standard InChI is InChI=1S/C13H7ClF3N3O3/c1-4-18-10(9(14)11(21)20(4)12(16)17)5-2-7-8(3-6(5)15)23-13(22)19-7/h2-3,12H,1H3,(H,19,22). The van der Waals surface area contributed by atoms with Crippen LogP contribution in [0.2, 0.25) is 5.02 Å². The normalized spacial score (nSPS) is 11.6. The molecule has 120 valence electrons. The Kier molecular flexibility index (Phi) is 3.52. The fourth-order valence-electron chi connectivity index (χ4n) is 2.18. The van der Waals surface area contributed by atoms with Crippen LogP contribution in [-0.2, 0) is 0 Å². The lowest BCUT2D eigenvalue weighted by Crippen LogP contribution is -2.25. The topological polar surface area (TPSA) is 80.9 Å². The van der Waals surface area contributed by atoms with Gasteiger partial charge in [0, 0.05) is 11.6 Å². The van der Waals surface area contributed by atoms with Crippen LogP contribution in [0.1, 0.15) is 12.4 Å². The first-order valence-corrected chi connectivity index (χ1v) is 6.57. The third kappa shape index (κ3) is 2.42. The molecule has 0 spiro atoms. The van der Waals surface area contributed by atoms with E-state index < -0.39 is 28.7 Å². The maximum absolute atomic E-state index is 14.2. The van der Waals surface area contributed by atoms with Gasteiger partial charge in [-0.2, -0.15) is 8.78 Å². The molecule has 0 aliphatic heterocycles. The molecule has 0 radical (unpaired) electrons. The first-order chi connectivity index (χ1) is 10.8. The molecule has 1 N–H and O–H groups in total. The number of fused-ring (bicyclic) bond motifs is 1. The predicted octanol–water partition coefficient (Wildman–Crippen LogP) is 2.84. The second kappa shape index (κ2) is 5.27. The van der Waals surface area contributed by atoms with E-state index in [1.54, 1.807) is 0 Å². The van der Waals surface area contributed by atoms with Crippen LogP contribution < -0.4 is 11.3 Å².